The highest BCUT2D eigenvalue weighted by Crippen LogP contribution is 2.19. The van der Waals surface area contributed by atoms with Gasteiger partial charge < -0.3 is 30.2 Å². The number of aromatic nitrogens is 2. The van der Waals surface area contributed by atoms with Gasteiger partial charge in [-0.05, 0) is 38.2 Å². The molecule has 4 rings (SSSR count). The Hall–Kier alpha value is -3.59. The van der Waals surface area contributed by atoms with Gasteiger partial charge in [0.25, 0.3) is 0 Å². The predicted molar refractivity (Wildman–Crippen MR) is 181 cm³/mol. The summed E-state index contributed by atoms with van der Waals surface area (Å²) >= 11 is 2.96. The van der Waals surface area contributed by atoms with Gasteiger partial charge in [0.2, 0.25) is 5.91 Å². The molecule has 3 amide bonds. The summed E-state index contributed by atoms with van der Waals surface area (Å²) in [6, 6.07) is 8.71. The first-order valence-electron chi connectivity index (χ1n) is 16.1. The molecular weight excluding hydrogens is 641 g/mol. The zero-order valence-electron chi connectivity index (χ0n) is 27.3. The van der Waals surface area contributed by atoms with Crippen molar-refractivity contribution < 1.29 is 28.6 Å². The van der Waals surface area contributed by atoms with Crippen LogP contribution < -0.4 is 16.0 Å². The SMILES string of the molecule is CC(CCC(Cc1ccccc1)NC(=O)OCc1cncs1)NC(=O)C(CCN1CCOCC1)NC(=O)OCc1csc(C(C)C)n1. The lowest BCUT2D eigenvalue weighted by Crippen LogP contribution is -2.51. The fraction of sp³-hybridized carbons (Fsp3) is 0.545. The van der Waals surface area contributed by atoms with E-state index >= 15 is 0 Å². The molecule has 3 atom stereocenters. The van der Waals surface area contributed by atoms with Gasteiger partial charge in [0.05, 0.1) is 34.3 Å². The molecule has 47 heavy (non-hydrogen) atoms. The number of ether oxygens (including phenoxy) is 3. The lowest BCUT2D eigenvalue weighted by molar-refractivity contribution is -0.124. The van der Waals surface area contributed by atoms with Crippen LogP contribution in [-0.4, -0.2) is 83.9 Å². The number of carbonyl (C=O) groups is 3. The normalized spacial score (nSPS) is 15.4. The van der Waals surface area contributed by atoms with Crippen LogP contribution in [0.25, 0.3) is 0 Å². The summed E-state index contributed by atoms with van der Waals surface area (Å²) in [6.07, 6.45) is 2.75. The third-order valence-electron chi connectivity index (χ3n) is 7.67. The Morgan fingerprint density at radius 3 is 2.38 bits per heavy atom. The number of benzene rings is 1. The highest BCUT2D eigenvalue weighted by molar-refractivity contribution is 7.09. The predicted octanol–water partition coefficient (Wildman–Crippen LogP) is 4.86. The molecule has 1 aromatic carbocycles. The van der Waals surface area contributed by atoms with Crippen molar-refractivity contribution in [2.24, 2.45) is 0 Å². The molecule has 3 aromatic rings. The third-order valence-corrected chi connectivity index (χ3v) is 9.62. The fourth-order valence-corrected chi connectivity index (χ4v) is 6.36. The second-order valence-corrected chi connectivity index (χ2v) is 13.8. The van der Waals surface area contributed by atoms with E-state index in [-0.39, 0.29) is 31.2 Å². The maximum Gasteiger partial charge on any atom is 0.408 e. The smallest absolute Gasteiger partial charge is 0.408 e. The van der Waals surface area contributed by atoms with Crippen molar-refractivity contribution in [2.45, 2.75) is 83.7 Å². The molecule has 2 aromatic heterocycles. The van der Waals surface area contributed by atoms with Gasteiger partial charge in [-0.3, -0.25) is 14.7 Å². The molecule has 14 heteroatoms. The van der Waals surface area contributed by atoms with Crippen LogP contribution >= 0.6 is 22.7 Å². The average molecular weight is 687 g/mol. The molecule has 1 fully saturated rings. The van der Waals surface area contributed by atoms with Crippen molar-refractivity contribution in [3.63, 3.8) is 0 Å². The Bertz CT molecular complexity index is 1370. The fourth-order valence-electron chi connectivity index (χ4n) is 5.03. The van der Waals surface area contributed by atoms with E-state index in [9.17, 15) is 14.4 Å². The van der Waals surface area contributed by atoms with Gasteiger partial charge in [-0.2, -0.15) is 0 Å². The molecule has 1 aliphatic rings. The number of amides is 3. The number of alkyl carbamates (subject to hydrolysis) is 2. The maximum atomic E-state index is 13.5. The maximum absolute atomic E-state index is 13.5. The van der Waals surface area contributed by atoms with Crippen LogP contribution in [0.15, 0.2) is 47.4 Å². The van der Waals surface area contributed by atoms with Gasteiger partial charge in [0.15, 0.2) is 0 Å². The van der Waals surface area contributed by atoms with E-state index in [1.54, 1.807) is 11.7 Å². The topological polar surface area (TPSA) is 144 Å². The van der Waals surface area contributed by atoms with E-state index in [1.165, 1.54) is 22.7 Å². The number of rotatable bonds is 17. The number of nitrogens with one attached hydrogen (secondary N) is 3. The molecule has 0 aliphatic carbocycles. The summed E-state index contributed by atoms with van der Waals surface area (Å²) < 4.78 is 16.3. The van der Waals surface area contributed by atoms with Crippen molar-refractivity contribution in [1.82, 2.24) is 30.8 Å². The summed E-state index contributed by atoms with van der Waals surface area (Å²) in [5.74, 6) is 0.0141. The van der Waals surface area contributed by atoms with Gasteiger partial charge in [-0.25, -0.2) is 14.6 Å². The first-order chi connectivity index (χ1) is 22.7. The lowest BCUT2D eigenvalue weighted by Gasteiger charge is -2.28. The molecule has 0 bridgehead atoms. The van der Waals surface area contributed by atoms with Crippen molar-refractivity contribution in [3.05, 3.63) is 68.6 Å². The average Bonchev–Trinajstić information content (AvgIpc) is 3.77. The van der Waals surface area contributed by atoms with Crippen LogP contribution in [0.4, 0.5) is 9.59 Å². The molecule has 0 radical (unpaired) electrons. The minimum absolute atomic E-state index is 0.0334. The number of morpholine rings is 1. The highest BCUT2D eigenvalue weighted by atomic mass is 32.1. The third kappa shape index (κ3) is 13.2. The highest BCUT2D eigenvalue weighted by Gasteiger charge is 2.25. The molecule has 12 nitrogen and oxygen atoms in total. The molecule has 3 N–H and O–H groups in total. The van der Waals surface area contributed by atoms with Gasteiger partial charge in [0, 0.05) is 49.2 Å². The van der Waals surface area contributed by atoms with Gasteiger partial charge in [-0.15, -0.1) is 22.7 Å². The second-order valence-electron chi connectivity index (χ2n) is 11.9. The van der Waals surface area contributed by atoms with E-state index in [4.69, 9.17) is 14.2 Å². The summed E-state index contributed by atoms with van der Waals surface area (Å²) in [7, 11) is 0. The summed E-state index contributed by atoms with van der Waals surface area (Å²) in [6.45, 7) is 9.72. The summed E-state index contributed by atoms with van der Waals surface area (Å²) in [4.78, 5) is 50.5. The Morgan fingerprint density at radius 1 is 0.936 bits per heavy atom. The van der Waals surface area contributed by atoms with Crippen LogP contribution in [0.2, 0.25) is 0 Å². The van der Waals surface area contributed by atoms with Gasteiger partial charge in [0.1, 0.15) is 19.3 Å². The van der Waals surface area contributed by atoms with Gasteiger partial charge in [-0.1, -0.05) is 44.2 Å². The van der Waals surface area contributed by atoms with Crippen LogP contribution in [0, 0.1) is 0 Å². The van der Waals surface area contributed by atoms with Crippen molar-refractivity contribution in [1.29, 1.82) is 0 Å². The van der Waals surface area contributed by atoms with E-state index in [0.717, 1.165) is 28.5 Å². The zero-order valence-corrected chi connectivity index (χ0v) is 28.9. The lowest BCUT2D eigenvalue weighted by atomic mass is 9.99. The Kier molecular flexibility index (Phi) is 14.9. The van der Waals surface area contributed by atoms with E-state index in [1.807, 2.05) is 42.6 Å². The molecule has 256 valence electrons. The standard InChI is InChI=1S/C33H46N6O6S2/c1-23(2)31-36-27(21-46-31)19-44-33(42)38-29(11-12-39-13-15-43-16-14-39)30(40)35-24(3)9-10-26(17-25-7-5-4-6-8-25)37-32(41)45-20-28-18-34-22-47-28/h4-8,18,21-24,26,29H,9-17,19-20H2,1-3H3,(H,35,40)(H,37,41)(H,38,42). The molecule has 3 heterocycles. The molecular formula is C33H46N6O6S2. The Balaban J connectivity index is 1.30. The largest absolute Gasteiger partial charge is 0.444 e. The quantitative estimate of drug-likeness (QED) is 0.181. The number of thiazole rings is 2. The molecule has 0 saturated carbocycles. The molecule has 1 saturated heterocycles. The number of nitrogens with zero attached hydrogens (tertiary/aromatic N) is 3. The minimum Gasteiger partial charge on any atom is -0.444 e. The number of hydrogen-bond donors (Lipinski definition) is 3. The van der Waals surface area contributed by atoms with Crippen molar-refractivity contribution >= 4 is 40.8 Å². The van der Waals surface area contributed by atoms with Gasteiger partial charge >= 0.3 is 12.2 Å². The van der Waals surface area contributed by atoms with E-state index < -0.39 is 18.2 Å². The van der Waals surface area contributed by atoms with Crippen molar-refractivity contribution in [2.75, 3.05) is 32.8 Å². The number of hydrogen-bond acceptors (Lipinski definition) is 11. The van der Waals surface area contributed by atoms with Crippen LogP contribution in [0.5, 0.6) is 0 Å². The molecule has 1 aliphatic heterocycles. The van der Waals surface area contributed by atoms with E-state index in [2.05, 4.69) is 44.7 Å². The monoisotopic (exact) mass is 686 g/mol. The minimum atomic E-state index is -0.783. The van der Waals surface area contributed by atoms with Crippen molar-refractivity contribution in [3.8, 4) is 0 Å². The van der Waals surface area contributed by atoms with Crippen LogP contribution in [0.1, 0.15) is 67.1 Å². The van der Waals surface area contributed by atoms with E-state index in [0.29, 0.717) is 57.1 Å². The Labute approximate surface area is 284 Å². The number of carbonyl (C=O) groups excluding carboxylic acids is 3. The van der Waals surface area contributed by atoms with Crippen LogP contribution in [-0.2, 0) is 38.6 Å². The Morgan fingerprint density at radius 2 is 1.68 bits per heavy atom. The zero-order chi connectivity index (χ0) is 33.4. The first-order valence-corrected chi connectivity index (χ1v) is 17.8. The second kappa shape index (κ2) is 19.3. The summed E-state index contributed by atoms with van der Waals surface area (Å²) in [5.41, 5.74) is 3.46. The molecule has 0 spiro atoms. The first kappa shape index (κ1) is 36.2. The summed E-state index contributed by atoms with van der Waals surface area (Å²) in [5, 5.41) is 11.7. The van der Waals surface area contributed by atoms with Crippen LogP contribution in [0.3, 0.4) is 0 Å². The molecule has 3 unspecified atom stereocenters.